The van der Waals surface area contributed by atoms with Gasteiger partial charge in [0, 0.05) is 40.0 Å². The summed E-state index contributed by atoms with van der Waals surface area (Å²) in [6.45, 7) is 8.61. The molecule has 0 bridgehead atoms. The van der Waals surface area contributed by atoms with Crippen molar-refractivity contribution in [2.24, 2.45) is 10.9 Å². The molecule has 5 nitrogen and oxygen atoms in total. The van der Waals surface area contributed by atoms with Crippen molar-refractivity contribution in [2.75, 3.05) is 40.0 Å². The average molecular weight is 362 g/mol. The first kappa shape index (κ1) is 20.7. The van der Waals surface area contributed by atoms with E-state index in [-0.39, 0.29) is 6.04 Å². The Morgan fingerprint density at radius 2 is 2.00 bits per heavy atom. The van der Waals surface area contributed by atoms with E-state index < -0.39 is 0 Å². The van der Waals surface area contributed by atoms with Crippen molar-refractivity contribution in [1.29, 1.82) is 0 Å². The minimum Gasteiger partial charge on any atom is -0.381 e. The van der Waals surface area contributed by atoms with Crippen molar-refractivity contribution in [1.82, 2.24) is 10.6 Å². The molecule has 1 aromatic rings. The lowest BCUT2D eigenvalue weighted by Gasteiger charge is -2.22. The summed E-state index contributed by atoms with van der Waals surface area (Å²) in [7, 11) is 1.81. The van der Waals surface area contributed by atoms with Gasteiger partial charge in [-0.05, 0) is 49.7 Å². The summed E-state index contributed by atoms with van der Waals surface area (Å²) < 4.78 is 11.2. The highest BCUT2D eigenvalue weighted by Gasteiger charge is 2.13. The Bertz CT molecular complexity index is 525. The van der Waals surface area contributed by atoms with Gasteiger partial charge in [-0.1, -0.05) is 31.2 Å². The number of guanidine groups is 1. The lowest BCUT2D eigenvalue weighted by molar-refractivity contribution is 0.0203. The second-order valence-electron chi connectivity index (χ2n) is 6.94. The number of nitrogens with zero attached hydrogens (tertiary/aromatic N) is 1. The monoisotopic (exact) mass is 361 g/mol. The Morgan fingerprint density at radius 3 is 2.65 bits per heavy atom. The van der Waals surface area contributed by atoms with Crippen LogP contribution in [0.1, 0.15) is 50.3 Å². The summed E-state index contributed by atoms with van der Waals surface area (Å²) >= 11 is 0. The third-order valence-corrected chi connectivity index (χ3v) is 4.92. The van der Waals surface area contributed by atoms with Gasteiger partial charge in [-0.25, -0.2) is 0 Å². The summed E-state index contributed by atoms with van der Waals surface area (Å²) in [6.07, 6.45) is 4.31. The molecule has 1 saturated heterocycles. The van der Waals surface area contributed by atoms with Crippen LogP contribution in [0.15, 0.2) is 29.3 Å². The molecular formula is C21H35N3O2. The first-order chi connectivity index (χ1) is 12.7. The molecule has 0 radical (unpaired) electrons. The minimum atomic E-state index is 0.219. The molecule has 1 fully saturated rings. The first-order valence-electron chi connectivity index (χ1n) is 9.94. The van der Waals surface area contributed by atoms with Gasteiger partial charge in [-0.2, -0.15) is 0 Å². The van der Waals surface area contributed by atoms with Crippen LogP contribution in [0.3, 0.4) is 0 Å². The van der Waals surface area contributed by atoms with E-state index in [1.54, 1.807) is 0 Å². The largest absolute Gasteiger partial charge is 0.381 e. The molecule has 0 spiro atoms. The Kier molecular flexibility index (Phi) is 9.50. The molecule has 2 rings (SSSR count). The van der Waals surface area contributed by atoms with Crippen LogP contribution < -0.4 is 10.6 Å². The molecule has 1 aliphatic heterocycles. The summed E-state index contributed by atoms with van der Waals surface area (Å²) in [5.41, 5.74) is 2.63. The summed E-state index contributed by atoms with van der Waals surface area (Å²) in [5.74, 6) is 1.51. The average Bonchev–Trinajstić information content (AvgIpc) is 2.70. The van der Waals surface area contributed by atoms with Gasteiger partial charge in [-0.3, -0.25) is 4.99 Å². The summed E-state index contributed by atoms with van der Waals surface area (Å²) in [4.78, 5) is 4.32. The molecule has 1 atom stereocenters. The Labute approximate surface area is 158 Å². The van der Waals surface area contributed by atoms with E-state index in [1.807, 2.05) is 7.05 Å². The first-order valence-corrected chi connectivity index (χ1v) is 9.94. The van der Waals surface area contributed by atoms with E-state index >= 15 is 0 Å². The highest BCUT2D eigenvalue weighted by molar-refractivity contribution is 5.80. The van der Waals surface area contributed by atoms with E-state index in [9.17, 15) is 0 Å². The molecule has 1 aromatic carbocycles. The van der Waals surface area contributed by atoms with Crippen LogP contribution in [0.25, 0.3) is 0 Å². The fraction of sp³-hybridized carbons (Fsp3) is 0.667. The molecule has 1 heterocycles. The van der Waals surface area contributed by atoms with Crippen molar-refractivity contribution >= 4 is 5.96 Å². The van der Waals surface area contributed by atoms with Crippen molar-refractivity contribution in [3.05, 3.63) is 35.4 Å². The van der Waals surface area contributed by atoms with E-state index in [4.69, 9.17) is 9.47 Å². The number of aliphatic imine (C=N–C) groups is 1. The van der Waals surface area contributed by atoms with Crippen LogP contribution in [0.4, 0.5) is 0 Å². The van der Waals surface area contributed by atoms with Crippen LogP contribution >= 0.6 is 0 Å². The van der Waals surface area contributed by atoms with Crippen LogP contribution in [0.2, 0.25) is 0 Å². The highest BCUT2D eigenvalue weighted by Crippen LogP contribution is 2.15. The fourth-order valence-electron chi connectivity index (χ4n) is 3.07. The molecule has 1 aliphatic rings. The second-order valence-corrected chi connectivity index (χ2v) is 6.94. The Morgan fingerprint density at radius 1 is 1.27 bits per heavy atom. The number of benzene rings is 1. The molecule has 0 aliphatic carbocycles. The van der Waals surface area contributed by atoms with Crippen molar-refractivity contribution < 1.29 is 9.47 Å². The molecule has 0 aromatic heterocycles. The number of ether oxygens (including phenoxy) is 2. The quantitative estimate of drug-likeness (QED) is 0.402. The molecule has 0 saturated carbocycles. The Balaban J connectivity index is 1.60. The summed E-state index contributed by atoms with van der Waals surface area (Å²) in [6, 6.07) is 8.98. The van der Waals surface area contributed by atoms with E-state index in [2.05, 4.69) is 53.7 Å². The van der Waals surface area contributed by atoms with Crippen LogP contribution in [0, 0.1) is 5.92 Å². The lowest BCUT2D eigenvalue weighted by Crippen LogP contribution is -2.39. The zero-order valence-electron chi connectivity index (χ0n) is 16.6. The molecule has 2 N–H and O–H groups in total. The molecular weight excluding hydrogens is 326 g/mol. The van der Waals surface area contributed by atoms with Gasteiger partial charge in [-0.15, -0.1) is 0 Å². The van der Waals surface area contributed by atoms with Gasteiger partial charge in [0.25, 0.3) is 0 Å². The van der Waals surface area contributed by atoms with Gasteiger partial charge >= 0.3 is 0 Å². The second kappa shape index (κ2) is 11.9. The van der Waals surface area contributed by atoms with Crippen LogP contribution in [-0.4, -0.2) is 46.0 Å². The number of aryl methyl sites for hydroxylation is 1. The van der Waals surface area contributed by atoms with Crippen molar-refractivity contribution in [2.45, 2.75) is 45.6 Å². The maximum atomic E-state index is 5.80. The molecule has 26 heavy (non-hydrogen) atoms. The van der Waals surface area contributed by atoms with Gasteiger partial charge in [0.1, 0.15) is 0 Å². The predicted molar refractivity (Wildman–Crippen MR) is 108 cm³/mol. The van der Waals surface area contributed by atoms with E-state index in [0.717, 1.165) is 64.6 Å². The maximum Gasteiger partial charge on any atom is 0.191 e. The maximum absolute atomic E-state index is 5.80. The van der Waals surface area contributed by atoms with Gasteiger partial charge in [0.2, 0.25) is 0 Å². The SMILES string of the molecule is CCc1ccc(C(C)NC(=NC)NCCCOCC2CCOCC2)cc1. The third kappa shape index (κ3) is 7.34. The third-order valence-electron chi connectivity index (χ3n) is 4.92. The minimum absolute atomic E-state index is 0.219. The number of hydrogen-bond donors (Lipinski definition) is 2. The Hall–Kier alpha value is -1.59. The number of rotatable bonds is 9. The number of hydrogen-bond acceptors (Lipinski definition) is 3. The fourth-order valence-corrected chi connectivity index (χ4v) is 3.07. The van der Waals surface area contributed by atoms with Crippen molar-refractivity contribution in [3.8, 4) is 0 Å². The highest BCUT2D eigenvalue weighted by atomic mass is 16.5. The number of nitrogens with one attached hydrogen (secondary N) is 2. The molecule has 5 heteroatoms. The lowest BCUT2D eigenvalue weighted by atomic mass is 10.0. The van der Waals surface area contributed by atoms with Gasteiger partial charge in [0.05, 0.1) is 6.04 Å². The van der Waals surface area contributed by atoms with E-state index in [0.29, 0.717) is 5.92 Å². The predicted octanol–water partition coefficient (Wildman–Crippen LogP) is 3.31. The molecule has 1 unspecified atom stereocenters. The summed E-state index contributed by atoms with van der Waals surface area (Å²) in [5, 5.41) is 6.82. The van der Waals surface area contributed by atoms with Gasteiger partial charge in [0.15, 0.2) is 5.96 Å². The van der Waals surface area contributed by atoms with Crippen LogP contribution in [0.5, 0.6) is 0 Å². The smallest absolute Gasteiger partial charge is 0.191 e. The topological polar surface area (TPSA) is 54.9 Å². The van der Waals surface area contributed by atoms with Gasteiger partial charge < -0.3 is 20.1 Å². The molecule has 0 amide bonds. The zero-order valence-corrected chi connectivity index (χ0v) is 16.6. The standard InChI is InChI=1S/C21H35N3O2/c1-4-18-6-8-20(9-7-18)17(2)24-21(22-3)23-12-5-13-26-16-19-10-14-25-15-11-19/h6-9,17,19H,4-5,10-16H2,1-3H3,(H2,22,23,24). The van der Waals surface area contributed by atoms with E-state index in [1.165, 1.54) is 11.1 Å². The zero-order chi connectivity index (χ0) is 18.6. The normalized spacial score (nSPS) is 17.1. The van der Waals surface area contributed by atoms with Crippen molar-refractivity contribution in [3.63, 3.8) is 0 Å². The molecule has 146 valence electrons. The van der Waals surface area contributed by atoms with Crippen LogP contribution in [-0.2, 0) is 15.9 Å².